The molecule has 102 valence electrons. The first-order chi connectivity index (χ1) is 9.26. The molecule has 1 amide bonds. The van der Waals surface area contributed by atoms with E-state index in [4.69, 9.17) is 5.21 Å². The number of hydrogen-bond donors (Lipinski definition) is 3. The average molecular weight is 262 g/mol. The molecule has 0 fully saturated rings. The molecule has 1 aromatic rings. The Balaban J connectivity index is 2.36. The fourth-order valence-corrected chi connectivity index (χ4v) is 1.52. The van der Waals surface area contributed by atoms with E-state index in [1.54, 1.807) is 0 Å². The van der Waals surface area contributed by atoms with Gasteiger partial charge in [-0.15, -0.1) is 5.10 Å². The Labute approximate surface area is 112 Å². The molecule has 0 radical (unpaired) electrons. The first kappa shape index (κ1) is 14.7. The first-order valence-electron chi connectivity index (χ1n) is 6.16. The van der Waals surface area contributed by atoms with Gasteiger partial charge in [0.1, 0.15) is 0 Å². The second-order valence-corrected chi connectivity index (χ2v) is 3.97. The Morgan fingerprint density at radius 2 is 2.11 bits per heavy atom. The van der Waals surface area contributed by atoms with E-state index in [0.717, 1.165) is 24.1 Å². The highest BCUT2D eigenvalue weighted by Gasteiger charge is 1.99. The molecule has 6 nitrogen and oxygen atoms in total. The van der Waals surface area contributed by atoms with Crippen molar-refractivity contribution in [2.45, 2.75) is 26.2 Å². The van der Waals surface area contributed by atoms with Gasteiger partial charge in [0.2, 0.25) is 5.91 Å². The third kappa shape index (κ3) is 6.24. The van der Waals surface area contributed by atoms with Gasteiger partial charge in [0.05, 0.1) is 5.69 Å². The fourth-order valence-electron chi connectivity index (χ4n) is 1.52. The number of nitrogens with one attached hydrogen (secondary N) is 2. The average Bonchev–Trinajstić information content (AvgIpc) is 2.41. The van der Waals surface area contributed by atoms with Gasteiger partial charge in [-0.05, 0) is 35.7 Å². The lowest BCUT2D eigenvalue weighted by atomic mass is 10.1. The van der Waals surface area contributed by atoms with Crippen LogP contribution in [0.1, 0.15) is 25.3 Å². The molecule has 0 saturated carbocycles. The Morgan fingerprint density at radius 3 is 2.74 bits per heavy atom. The minimum Gasteiger partial charge on any atom is -0.402 e. The van der Waals surface area contributed by atoms with Crippen LogP contribution in [0.25, 0.3) is 0 Å². The van der Waals surface area contributed by atoms with Crippen LogP contribution in [-0.2, 0) is 11.2 Å². The molecule has 1 rings (SSSR count). The standard InChI is InChI=1S/C13H18N4O2/c1-2-3-13(18)14-9-8-11-4-6-12(7-5-11)17-15-10-16-19/h4-7,17,19H,2-3,8-9H2,1H3,(H,14,18). The second kappa shape index (κ2) is 8.72. The van der Waals surface area contributed by atoms with Crippen molar-refractivity contribution >= 4 is 17.6 Å². The van der Waals surface area contributed by atoms with Crippen LogP contribution in [0.4, 0.5) is 5.69 Å². The van der Waals surface area contributed by atoms with Crippen LogP contribution in [0.5, 0.6) is 0 Å². The lowest BCUT2D eigenvalue weighted by Crippen LogP contribution is -2.25. The summed E-state index contributed by atoms with van der Waals surface area (Å²) in [5.41, 5.74) is 4.55. The summed E-state index contributed by atoms with van der Waals surface area (Å²) >= 11 is 0. The van der Waals surface area contributed by atoms with Crippen molar-refractivity contribution in [2.75, 3.05) is 12.0 Å². The molecule has 3 N–H and O–H groups in total. The highest BCUT2D eigenvalue weighted by Crippen LogP contribution is 2.09. The first-order valence-corrected chi connectivity index (χ1v) is 6.16. The number of carbonyl (C=O) groups is 1. The second-order valence-electron chi connectivity index (χ2n) is 3.97. The zero-order chi connectivity index (χ0) is 13.9. The molecular weight excluding hydrogens is 244 g/mol. The van der Waals surface area contributed by atoms with Gasteiger partial charge >= 0.3 is 0 Å². The minimum atomic E-state index is 0.0958. The number of rotatable bonds is 7. The number of carbonyl (C=O) groups excluding carboxylic acids is 1. The van der Waals surface area contributed by atoms with E-state index in [-0.39, 0.29) is 5.91 Å². The third-order valence-corrected chi connectivity index (χ3v) is 2.45. The Kier molecular flexibility index (Phi) is 6.76. The SMILES string of the molecule is CCCC(=O)NCCc1ccc(NN=C=NO)cc1. The van der Waals surface area contributed by atoms with Gasteiger partial charge in [-0.3, -0.25) is 10.2 Å². The van der Waals surface area contributed by atoms with Crippen molar-refractivity contribution in [1.29, 1.82) is 0 Å². The zero-order valence-electron chi connectivity index (χ0n) is 10.9. The van der Waals surface area contributed by atoms with Crippen LogP contribution in [0.2, 0.25) is 0 Å². The molecule has 0 unspecified atom stereocenters. The number of nitrogens with zero attached hydrogens (tertiary/aromatic N) is 2. The predicted octanol–water partition coefficient (Wildman–Crippen LogP) is 2.04. The Morgan fingerprint density at radius 1 is 1.37 bits per heavy atom. The molecular formula is C13H18N4O2. The van der Waals surface area contributed by atoms with E-state index in [0.29, 0.717) is 13.0 Å². The Bertz CT molecular complexity index is 450. The molecule has 1 aromatic carbocycles. The zero-order valence-corrected chi connectivity index (χ0v) is 10.9. The molecule has 0 bridgehead atoms. The third-order valence-electron chi connectivity index (χ3n) is 2.45. The summed E-state index contributed by atoms with van der Waals surface area (Å²) in [7, 11) is 0. The van der Waals surface area contributed by atoms with Crippen LogP contribution in [0.15, 0.2) is 34.5 Å². The van der Waals surface area contributed by atoms with E-state index >= 15 is 0 Å². The number of hydrazone groups is 1. The summed E-state index contributed by atoms with van der Waals surface area (Å²) in [6.45, 7) is 2.62. The van der Waals surface area contributed by atoms with Crippen molar-refractivity contribution in [3.8, 4) is 0 Å². The summed E-state index contributed by atoms with van der Waals surface area (Å²) in [6, 6.07) is 9.61. The molecule has 0 aromatic heterocycles. The molecule has 0 spiro atoms. The van der Waals surface area contributed by atoms with Crippen molar-refractivity contribution in [3.63, 3.8) is 0 Å². The van der Waals surface area contributed by atoms with Crippen molar-refractivity contribution < 1.29 is 10.0 Å². The minimum absolute atomic E-state index is 0.0958. The summed E-state index contributed by atoms with van der Waals surface area (Å²) in [4.78, 5) is 11.3. The molecule has 0 saturated heterocycles. The highest BCUT2D eigenvalue weighted by atomic mass is 16.4. The number of amides is 1. The Hall–Kier alpha value is -2.33. The van der Waals surface area contributed by atoms with Crippen LogP contribution in [0.3, 0.4) is 0 Å². The van der Waals surface area contributed by atoms with Gasteiger partial charge < -0.3 is 10.5 Å². The van der Waals surface area contributed by atoms with Gasteiger partial charge in [-0.2, -0.15) is 0 Å². The van der Waals surface area contributed by atoms with E-state index in [9.17, 15) is 4.79 Å². The van der Waals surface area contributed by atoms with Crippen LogP contribution >= 0.6 is 0 Å². The smallest absolute Gasteiger partial charge is 0.219 e. The number of anilines is 1. The predicted molar refractivity (Wildman–Crippen MR) is 73.3 cm³/mol. The number of hydrogen-bond acceptors (Lipinski definition) is 5. The van der Waals surface area contributed by atoms with Crippen molar-refractivity contribution in [3.05, 3.63) is 29.8 Å². The van der Waals surface area contributed by atoms with E-state index < -0.39 is 0 Å². The molecule has 0 aliphatic heterocycles. The number of benzene rings is 1. The molecule has 0 aliphatic rings. The highest BCUT2D eigenvalue weighted by molar-refractivity contribution is 5.75. The lowest BCUT2D eigenvalue weighted by Gasteiger charge is -2.05. The summed E-state index contributed by atoms with van der Waals surface area (Å²) in [5, 5.41) is 17.1. The molecule has 6 heteroatoms. The van der Waals surface area contributed by atoms with Crippen molar-refractivity contribution in [1.82, 2.24) is 5.32 Å². The van der Waals surface area contributed by atoms with Gasteiger partial charge in [0, 0.05) is 13.0 Å². The van der Waals surface area contributed by atoms with Crippen LogP contribution in [0, 0.1) is 0 Å². The topological polar surface area (TPSA) is 86.1 Å². The quantitative estimate of drug-likeness (QED) is 0.399. The molecule has 0 atom stereocenters. The molecule has 19 heavy (non-hydrogen) atoms. The van der Waals surface area contributed by atoms with Gasteiger partial charge in [-0.25, -0.2) is 0 Å². The normalized spacial score (nSPS) is 9.32. The monoisotopic (exact) mass is 262 g/mol. The van der Waals surface area contributed by atoms with E-state index in [1.165, 1.54) is 0 Å². The maximum Gasteiger partial charge on any atom is 0.219 e. The summed E-state index contributed by atoms with van der Waals surface area (Å²) in [6.07, 6.45) is 2.23. The van der Waals surface area contributed by atoms with E-state index in [1.807, 2.05) is 37.2 Å². The maximum atomic E-state index is 11.3. The summed E-state index contributed by atoms with van der Waals surface area (Å²) in [5.74, 6) is 0.0958. The molecule has 0 aliphatic carbocycles. The fraction of sp³-hybridized carbons (Fsp3) is 0.385. The van der Waals surface area contributed by atoms with Crippen molar-refractivity contribution in [2.24, 2.45) is 10.3 Å². The largest absolute Gasteiger partial charge is 0.402 e. The van der Waals surface area contributed by atoms with E-state index in [2.05, 4.69) is 21.0 Å². The maximum absolute atomic E-state index is 11.3. The van der Waals surface area contributed by atoms with Gasteiger partial charge in [0.25, 0.3) is 0 Å². The van der Waals surface area contributed by atoms with Crippen LogP contribution < -0.4 is 10.7 Å². The van der Waals surface area contributed by atoms with Gasteiger partial charge in [-0.1, -0.05) is 19.1 Å². The summed E-state index contributed by atoms with van der Waals surface area (Å²) < 4.78 is 0. The molecule has 0 heterocycles. The van der Waals surface area contributed by atoms with Gasteiger partial charge in [0.15, 0.2) is 6.01 Å². The van der Waals surface area contributed by atoms with Crippen LogP contribution in [-0.4, -0.2) is 23.7 Å². The lowest BCUT2D eigenvalue weighted by molar-refractivity contribution is -0.121.